The number of aromatic amines is 1. The zero-order chi connectivity index (χ0) is 16.5. The molecular formula is C19H20FN3O. The van der Waals surface area contributed by atoms with Crippen LogP contribution in [0.2, 0.25) is 0 Å². The van der Waals surface area contributed by atoms with Crippen molar-refractivity contribution < 1.29 is 9.13 Å². The summed E-state index contributed by atoms with van der Waals surface area (Å²) in [7, 11) is 0. The van der Waals surface area contributed by atoms with Crippen LogP contribution < -0.4 is 0 Å². The van der Waals surface area contributed by atoms with Crippen LogP contribution in [0.4, 0.5) is 4.39 Å². The minimum Gasteiger partial charge on any atom is -0.371 e. The largest absolute Gasteiger partial charge is 0.371 e. The lowest BCUT2D eigenvalue weighted by molar-refractivity contribution is -0.0329. The van der Waals surface area contributed by atoms with E-state index >= 15 is 0 Å². The van der Waals surface area contributed by atoms with Crippen LogP contribution in [0, 0.1) is 12.7 Å². The fraction of sp³-hybridized carbons (Fsp3) is 0.316. The molecular weight excluding hydrogens is 305 g/mol. The van der Waals surface area contributed by atoms with E-state index in [-0.39, 0.29) is 11.9 Å². The van der Waals surface area contributed by atoms with Gasteiger partial charge in [-0.3, -0.25) is 10.00 Å². The molecule has 4 nitrogen and oxygen atoms in total. The lowest BCUT2D eigenvalue weighted by atomic mass is 10.0. The molecule has 0 amide bonds. The van der Waals surface area contributed by atoms with E-state index in [4.69, 9.17) is 4.74 Å². The number of nitrogens with one attached hydrogen (secondary N) is 1. The number of nitrogens with zero attached hydrogens (tertiary/aromatic N) is 2. The first-order chi connectivity index (χ1) is 11.7. The third-order valence-electron chi connectivity index (χ3n) is 4.62. The van der Waals surface area contributed by atoms with Gasteiger partial charge in [-0.25, -0.2) is 4.39 Å². The number of ether oxygens (including phenoxy) is 1. The second kappa shape index (κ2) is 6.34. The predicted molar refractivity (Wildman–Crippen MR) is 91.2 cm³/mol. The molecule has 4 rings (SSSR count). The first kappa shape index (κ1) is 15.3. The van der Waals surface area contributed by atoms with Gasteiger partial charge in [-0.2, -0.15) is 5.10 Å². The van der Waals surface area contributed by atoms with E-state index in [0.717, 1.165) is 36.1 Å². The standard InChI is InChI=1S/C19H20FN3O/c1-13-8-15(4-5-17(13)20)19-12-23(6-7-24-19)11-14-2-3-16-10-21-22-18(16)9-14/h2-5,8-10,19H,6-7,11-12H2,1H3,(H,21,22). The number of aromatic nitrogens is 2. The molecule has 1 N–H and O–H groups in total. The van der Waals surface area contributed by atoms with Crippen LogP contribution in [0.3, 0.4) is 0 Å². The highest BCUT2D eigenvalue weighted by Gasteiger charge is 2.22. The van der Waals surface area contributed by atoms with Gasteiger partial charge >= 0.3 is 0 Å². The molecule has 0 aliphatic carbocycles. The van der Waals surface area contributed by atoms with Gasteiger partial charge in [0.2, 0.25) is 0 Å². The highest BCUT2D eigenvalue weighted by Crippen LogP contribution is 2.25. The Morgan fingerprint density at radius 1 is 1.29 bits per heavy atom. The molecule has 5 heteroatoms. The molecule has 0 bridgehead atoms. The number of H-pyrrole nitrogens is 1. The van der Waals surface area contributed by atoms with Crippen molar-refractivity contribution in [3.8, 4) is 0 Å². The summed E-state index contributed by atoms with van der Waals surface area (Å²) in [6, 6.07) is 11.6. The molecule has 1 fully saturated rings. The van der Waals surface area contributed by atoms with Crippen LogP contribution in [0.1, 0.15) is 22.8 Å². The number of rotatable bonds is 3. The molecule has 2 heterocycles. The van der Waals surface area contributed by atoms with Gasteiger partial charge in [-0.05, 0) is 35.7 Å². The molecule has 24 heavy (non-hydrogen) atoms. The van der Waals surface area contributed by atoms with Crippen molar-refractivity contribution in [3.05, 3.63) is 65.1 Å². The van der Waals surface area contributed by atoms with Gasteiger partial charge in [0.05, 0.1) is 24.4 Å². The molecule has 0 radical (unpaired) electrons. The SMILES string of the molecule is Cc1cc(C2CN(Cc3ccc4cn[nH]c4c3)CCO2)ccc1F. The van der Waals surface area contributed by atoms with E-state index in [2.05, 4.69) is 33.3 Å². The van der Waals surface area contributed by atoms with Crippen LogP contribution in [-0.2, 0) is 11.3 Å². The average Bonchev–Trinajstić information content (AvgIpc) is 3.05. The van der Waals surface area contributed by atoms with Crippen LogP contribution in [0.15, 0.2) is 42.6 Å². The Labute approximate surface area is 140 Å². The Balaban J connectivity index is 1.48. The summed E-state index contributed by atoms with van der Waals surface area (Å²) in [6.45, 7) is 5.06. The molecule has 1 aliphatic rings. The zero-order valence-electron chi connectivity index (χ0n) is 13.6. The number of aryl methyl sites for hydroxylation is 1. The normalized spacial score (nSPS) is 19.0. The number of benzene rings is 2. The van der Waals surface area contributed by atoms with E-state index in [9.17, 15) is 4.39 Å². The monoisotopic (exact) mass is 325 g/mol. The molecule has 1 aromatic heterocycles. The molecule has 124 valence electrons. The fourth-order valence-electron chi connectivity index (χ4n) is 3.26. The molecule has 3 aromatic rings. The summed E-state index contributed by atoms with van der Waals surface area (Å²) in [6.07, 6.45) is 1.83. The van der Waals surface area contributed by atoms with Gasteiger partial charge in [-0.15, -0.1) is 0 Å². The molecule has 0 saturated carbocycles. The van der Waals surface area contributed by atoms with Crippen molar-refractivity contribution in [2.75, 3.05) is 19.7 Å². The molecule has 2 aromatic carbocycles. The van der Waals surface area contributed by atoms with E-state index < -0.39 is 0 Å². The number of morpholine rings is 1. The van der Waals surface area contributed by atoms with E-state index in [1.165, 1.54) is 11.6 Å². The number of hydrogen-bond acceptors (Lipinski definition) is 3. The Bertz CT molecular complexity index is 861. The fourth-order valence-corrected chi connectivity index (χ4v) is 3.26. The van der Waals surface area contributed by atoms with Crippen molar-refractivity contribution in [1.29, 1.82) is 0 Å². The van der Waals surface area contributed by atoms with Gasteiger partial charge in [0.15, 0.2) is 0 Å². The third kappa shape index (κ3) is 3.05. The Morgan fingerprint density at radius 2 is 2.21 bits per heavy atom. The number of hydrogen-bond donors (Lipinski definition) is 1. The highest BCUT2D eigenvalue weighted by atomic mass is 19.1. The maximum atomic E-state index is 13.5. The van der Waals surface area contributed by atoms with Crippen molar-refractivity contribution in [1.82, 2.24) is 15.1 Å². The zero-order valence-corrected chi connectivity index (χ0v) is 13.6. The van der Waals surface area contributed by atoms with Crippen LogP contribution in [0.5, 0.6) is 0 Å². The second-order valence-electron chi connectivity index (χ2n) is 6.39. The summed E-state index contributed by atoms with van der Waals surface area (Å²) in [5, 5.41) is 8.21. The Hall–Kier alpha value is -2.24. The number of halogens is 1. The molecule has 1 unspecified atom stereocenters. The summed E-state index contributed by atoms with van der Waals surface area (Å²) in [5.41, 5.74) is 4.02. The first-order valence-corrected chi connectivity index (χ1v) is 8.21. The molecule has 1 aliphatic heterocycles. The average molecular weight is 325 g/mol. The van der Waals surface area contributed by atoms with Crippen LogP contribution in [0.25, 0.3) is 10.9 Å². The van der Waals surface area contributed by atoms with Gasteiger partial charge in [0, 0.05) is 25.0 Å². The maximum absolute atomic E-state index is 13.5. The molecule has 1 saturated heterocycles. The quantitative estimate of drug-likeness (QED) is 0.800. The van der Waals surface area contributed by atoms with Gasteiger partial charge < -0.3 is 4.74 Å². The Kier molecular flexibility index (Phi) is 4.04. The summed E-state index contributed by atoms with van der Waals surface area (Å²) >= 11 is 0. The van der Waals surface area contributed by atoms with Gasteiger partial charge in [-0.1, -0.05) is 24.3 Å². The van der Waals surface area contributed by atoms with Crippen molar-refractivity contribution in [3.63, 3.8) is 0 Å². The summed E-state index contributed by atoms with van der Waals surface area (Å²) < 4.78 is 19.4. The summed E-state index contributed by atoms with van der Waals surface area (Å²) in [4.78, 5) is 2.38. The lowest BCUT2D eigenvalue weighted by Crippen LogP contribution is -2.37. The lowest BCUT2D eigenvalue weighted by Gasteiger charge is -2.33. The topological polar surface area (TPSA) is 41.2 Å². The second-order valence-corrected chi connectivity index (χ2v) is 6.39. The van der Waals surface area contributed by atoms with E-state index in [1.807, 2.05) is 18.3 Å². The first-order valence-electron chi connectivity index (χ1n) is 8.21. The minimum atomic E-state index is -0.167. The minimum absolute atomic E-state index is 0.00562. The smallest absolute Gasteiger partial charge is 0.126 e. The van der Waals surface area contributed by atoms with Crippen molar-refractivity contribution in [2.24, 2.45) is 0 Å². The van der Waals surface area contributed by atoms with Gasteiger partial charge in [0.1, 0.15) is 5.82 Å². The Morgan fingerprint density at radius 3 is 3.08 bits per heavy atom. The summed E-state index contributed by atoms with van der Waals surface area (Å²) in [5.74, 6) is -0.167. The third-order valence-corrected chi connectivity index (χ3v) is 4.62. The van der Waals surface area contributed by atoms with Crippen LogP contribution >= 0.6 is 0 Å². The number of fused-ring (bicyclic) bond motifs is 1. The van der Waals surface area contributed by atoms with Crippen molar-refractivity contribution in [2.45, 2.75) is 19.6 Å². The molecule has 0 spiro atoms. The highest BCUT2D eigenvalue weighted by molar-refractivity contribution is 5.78. The van der Waals surface area contributed by atoms with E-state index in [0.29, 0.717) is 12.2 Å². The molecule has 1 atom stereocenters. The predicted octanol–water partition coefficient (Wildman–Crippen LogP) is 3.58. The van der Waals surface area contributed by atoms with Crippen LogP contribution in [-0.4, -0.2) is 34.8 Å². The van der Waals surface area contributed by atoms with Gasteiger partial charge in [0.25, 0.3) is 0 Å². The van der Waals surface area contributed by atoms with E-state index in [1.54, 1.807) is 6.92 Å². The maximum Gasteiger partial charge on any atom is 0.126 e. The van der Waals surface area contributed by atoms with Crippen molar-refractivity contribution >= 4 is 10.9 Å².